The number of halogens is 1. The van der Waals surface area contributed by atoms with Gasteiger partial charge in [0.05, 0.1) is 12.3 Å². The highest BCUT2D eigenvalue weighted by Gasteiger charge is 2.13. The molecule has 90 valence electrons. The zero-order chi connectivity index (χ0) is 12.3. The summed E-state index contributed by atoms with van der Waals surface area (Å²) in [5.74, 6) is 0.676. The minimum atomic E-state index is -0.207. The second-order valence-electron chi connectivity index (χ2n) is 4.18. The quantitative estimate of drug-likeness (QED) is 0.868. The highest BCUT2D eigenvalue weighted by Crippen LogP contribution is 2.19. The Labute approximate surface area is 100 Å². The number of hydrogen-bond acceptors (Lipinski definition) is 2. The van der Waals surface area contributed by atoms with Crippen molar-refractivity contribution in [1.82, 2.24) is 5.32 Å². The zero-order valence-corrected chi connectivity index (χ0v) is 9.98. The molecule has 2 rings (SSSR count). The van der Waals surface area contributed by atoms with Gasteiger partial charge in [0, 0.05) is 6.04 Å². The van der Waals surface area contributed by atoms with Gasteiger partial charge in [-0.15, -0.1) is 0 Å². The predicted molar refractivity (Wildman–Crippen MR) is 65.1 cm³/mol. The average molecular weight is 233 g/mol. The van der Waals surface area contributed by atoms with Gasteiger partial charge >= 0.3 is 0 Å². The second-order valence-corrected chi connectivity index (χ2v) is 4.18. The van der Waals surface area contributed by atoms with Gasteiger partial charge < -0.3 is 9.73 Å². The van der Waals surface area contributed by atoms with E-state index in [4.69, 9.17) is 4.42 Å². The summed E-state index contributed by atoms with van der Waals surface area (Å²) in [4.78, 5) is 0. The molecule has 3 heteroatoms. The Balaban J connectivity index is 2.04. The van der Waals surface area contributed by atoms with Crippen molar-refractivity contribution < 1.29 is 8.81 Å². The van der Waals surface area contributed by atoms with Crippen LogP contribution in [0.2, 0.25) is 0 Å². The lowest BCUT2D eigenvalue weighted by atomic mass is 10.1. The molecule has 1 N–H and O–H groups in total. The number of nitrogens with one attached hydrogen (secondary N) is 1. The van der Waals surface area contributed by atoms with Gasteiger partial charge in [0.1, 0.15) is 11.6 Å². The summed E-state index contributed by atoms with van der Waals surface area (Å²) in [6.45, 7) is 4.03. The van der Waals surface area contributed by atoms with Crippen molar-refractivity contribution >= 4 is 0 Å². The minimum Gasteiger partial charge on any atom is -0.468 e. The van der Waals surface area contributed by atoms with E-state index in [1.165, 1.54) is 6.07 Å². The molecule has 1 aromatic heterocycles. The summed E-state index contributed by atoms with van der Waals surface area (Å²) in [6.07, 6.45) is 1.65. The van der Waals surface area contributed by atoms with Gasteiger partial charge in [0.15, 0.2) is 0 Å². The first kappa shape index (κ1) is 11.9. The van der Waals surface area contributed by atoms with E-state index < -0.39 is 0 Å². The molecule has 0 aliphatic rings. The molecular weight excluding hydrogens is 217 g/mol. The SMILES string of the molecule is CC(N[C@H](C)c1cccc(F)c1)c1ccco1. The van der Waals surface area contributed by atoms with Crippen molar-refractivity contribution in [3.8, 4) is 0 Å². The zero-order valence-electron chi connectivity index (χ0n) is 9.98. The third-order valence-corrected chi connectivity index (χ3v) is 2.82. The van der Waals surface area contributed by atoms with Crippen LogP contribution in [0.15, 0.2) is 47.1 Å². The van der Waals surface area contributed by atoms with E-state index in [-0.39, 0.29) is 17.9 Å². The average Bonchev–Trinajstić information content (AvgIpc) is 2.82. The minimum absolute atomic E-state index is 0.0748. The normalized spacial score (nSPS) is 14.5. The monoisotopic (exact) mass is 233 g/mol. The Kier molecular flexibility index (Phi) is 3.59. The summed E-state index contributed by atoms with van der Waals surface area (Å²) in [5.41, 5.74) is 0.934. The molecule has 1 unspecified atom stereocenters. The topological polar surface area (TPSA) is 25.2 Å². The van der Waals surface area contributed by atoms with Crippen LogP contribution in [0.4, 0.5) is 4.39 Å². The lowest BCUT2D eigenvalue weighted by Gasteiger charge is -2.18. The number of benzene rings is 1. The molecule has 0 spiro atoms. The molecule has 1 aromatic carbocycles. The van der Waals surface area contributed by atoms with E-state index in [9.17, 15) is 4.39 Å². The maximum absolute atomic E-state index is 13.1. The van der Waals surface area contributed by atoms with Gasteiger partial charge in [0.2, 0.25) is 0 Å². The van der Waals surface area contributed by atoms with E-state index in [2.05, 4.69) is 5.32 Å². The Morgan fingerprint density at radius 1 is 1.12 bits per heavy atom. The van der Waals surface area contributed by atoms with Gasteiger partial charge in [-0.2, -0.15) is 0 Å². The first-order valence-corrected chi connectivity index (χ1v) is 5.71. The molecule has 2 atom stereocenters. The fraction of sp³-hybridized carbons (Fsp3) is 0.286. The molecule has 0 aliphatic carbocycles. The highest BCUT2D eigenvalue weighted by molar-refractivity contribution is 5.20. The first-order valence-electron chi connectivity index (χ1n) is 5.71. The van der Waals surface area contributed by atoms with Crippen molar-refractivity contribution in [2.75, 3.05) is 0 Å². The van der Waals surface area contributed by atoms with Crippen molar-refractivity contribution in [1.29, 1.82) is 0 Å². The van der Waals surface area contributed by atoms with Crippen LogP contribution in [-0.2, 0) is 0 Å². The number of furan rings is 1. The van der Waals surface area contributed by atoms with Gasteiger partial charge in [-0.1, -0.05) is 12.1 Å². The lowest BCUT2D eigenvalue weighted by Crippen LogP contribution is -2.22. The van der Waals surface area contributed by atoms with Crippen LogP contribution in [-0.4, -0.2) is 0 Å². The molecule has 0 saturated carbocycles. The molecular formula is C14H16FNO. The van der Waals surface area contributed by atoms with E-state index >= 15 is 0 Å². The molecule has 0 amide bonds. The second kappa shape index (κ2) is 5.15. The van der Waals surface area contributed by atoms with Gasteiger partial charge in [-0.05, 0) is 43.7 Å². The number of rotatable bonds is 4. The summed E-state index contributed by atoms with van der Waals surface area (Å²) < 4.78 is 18.4. The van der Waals surface area contributed by atoms with E-state index in [0.717, 1.165) is 11.3 Å². The van der Waals surface area contributed by atoms with Crippen molar-refractivity contribution in [3.05, 3.63) is 59.8 Å². The summed E-state index contributed by atoms with van der Waals surface area (Å²) in [6, 6.07) is 10.6. The Bertz CT molecular complexity index is 467. The summed E-state index contributed by atoms with van der Waals surface area (Å²) in [7, 11) is 0. The Morgan fingerprint density at radius 2 is 1.94 bits per heavy atom. The molecule has 2 aromatic rings. The highest BCUT2D eigenvalue weighted by atomic mass is 19.1. The molecule has 0 fully saturated rings. The van der Waals surface area contributed by atoms with E-state index in [0.29, 0.717) is 0 Å². The van der Waals surface area contributed by atoms with Gasteiger partial charge in [0.25, 0.3) is 0 Å². The van der Waals surface area contributed by atoms with Gasteiger partial charge in [-0.3, -0.25) is 0 Å². The maximum atomic E-state index is 13.1. The first-order chi connectivity index (χ1) is 8.16. The van der Waals surface area contributed by atoms with Crippen LogP contribution in [0, 0.1) is 5.82 Å². The fourth-order valence-electron chi connectivity index (χ4n) is 1.87. The number of hydrogen-bond donors (Lipinski definition) is 1. The fourth-order valence-corrected chi connectivity index (χ4v) is 1.87. The van der Waals surface area contributed by atoms with Crippen LogP contribution in [0.25, 0.3) is 0 Å². The van der Waals surface area contributed by atoms with Crippen molar-refractivity contribution in [3.63, 3.8) is 0 Å². The van der Waals surface area contributed by atoms with Crippen LogP contribution >= 0.6 is 0 Å². The molecule has 2 nitrogen and oxygen atoms in total. The predicted octanol–water partition coefficient (Wildman–Crippen LogP) is 3.83. The standard InChI is InChI=1S/C14H16FNO/c1-10(12-5-3-6-13(15)9-12)16-11(2)14-7-4-8-17-14/h3-11,16H,1-2H3/t10-,11?/m1/s1. The molecule has 1 heterocycles. The molecule has 0 aliphatic heterocycles. The van der Waals surface area contributed by atoms with Crippen LogP contribution < -0.4 is 5.32 Å². The smallest absolute Gasteiger partial charge is 0.123 e. The Hall–Kier alpha value is -1.61. The van der Waals surface area contributed by atoms with Crippen LogP contribution in [0.1, 0.15) is 37.3 Å². The molecule has 17 heavy (non-hydrogen) atoms. The van der Waals surface area contributed by atoms with Crippen molar-refractivity contribution in [2.24, 2.45) is 0 Å². The van der Waals surface area contributed by atoms with E-state index in [1.54, 1.807) is 18.4 Å². The molecule has 0 saturated heterocycles. The maximum Gasteiger partial charge on any atom is 0.123 e. The summed E-state index contributed by atoms with van der Waals surface area (Å²) >= 11 is 0. The lowest BCUT2D eigenvalue weighted by molar-refractivity contribution is 0.402. The summed E-state index contributed by atoms with van der Waals surface area (Å²) in [5, 5.41) is 3.37. The van der Waals surface area contributed by atoms with Gasteiger partial charge in [-0.25, -0.2) is 4.39 Å². The van der Waals surface area contributed by atoms with Crippen molar-refractivity contribution in [2.45, 2.75) is 25.9 Å². The third kappa shape index (κ3) is 2.94. The van der Waals surface area contributed by atoms with Crippen LogP contribution in [0.3, 0.4) is 0 Å². The molecule has 0 radical (unpaired) electrons. The largest absolute Gasteiger partial charge is 0.468 e. The third-order valence-electron chi connectivity index (χ3n) is 2.82. The van der Waals surface area contributed by atoms with Crippen LogP contribution in [0.5, 0.6) is 0 Å². The Morgan fingerprint density at radius 3 is 2.59 bits per heavy atom. The van der Waals surface area contributed by atoms with E-state index in [1.807, 2.05) is 32.0 Å². The molecule has 0 bridgehead atoms.